The molecule has 0 aromatic heterocycles. The molecule has 1 unspecified atom stereocenters. The summed E-state index contributed by atoms with van der Waals surface area (Å²) in [7, 11) is 0. The van der Waals surface area contributed by atoms with Crippen LogP contribution in [0.5, 0.6) is 0 Å². The van der Waals surface area contributed by atoms with Gasteiger partial charge in [0.1, 0.15) is 6.10 Å². The molecule has 1 aromatic carbocycles. The van der Waals surface area contributed by atoms with Gasteiger partial charge in [0, 0.05) is 5.56 Å². The molecule has 0 heterocycles. The molecule has 0 bridgehead atoms. The van der Waals surface area contributed by atoms with E-state index in [2.05, 4.69) is 6.07 Å². The third kappa shape index (κ3) is 2.14. The van der Waals surface area contributed by atoms with E-state index in [1.807, 2.05) is 18.2 Å². The van der Waals surface area contributed by atoms with Gasteiger partial charge >= 0.3 is 0 Å². The van der Waals surface area contributed by atoms with E-state index in [4.69, 9.17) is 0 Å². The van der Waals surface area contributed by atoms with Crippen LogP contribution in [0.25, 0.3) is 0 Å². The molecule has 2 saturated carbocycles. The highest BCUT2D eigenvalue weighted by atomic mass is 16.3. The van der Waals surface area contributed by atoms with Gasteiger partial charge in [-0.3, -0.25) is 4.79 Å². The Bertz CT molecular complexity index is 430. The Labute approximate surface area is 102 Å². The molecule has 2 heteroatoms. The summed E-state index contributed by atoms with van der Waals surface area (Å²) in [6.07, 6.45) is 5.00. The number of ketones is 1. The fourth-order valence-electron chi connectivity index (χ4n) is 2.48. The molecule has 0 amide bonds. The van der Waals surface area contributed by atoms with Gasteiger partial charge in [0.25, 0.3) is 0 Å². The minimum absolute atomic E-state index is 0.0892. The van der Waals surface area contributed by atoms with E-state index in [1.165, 1.54) is 24.8 Å². The number of Topliss-reactive ketones (excluding diaryl/α,β-unsaturated/α-hetero) is 1. The SMILES string of the molecule is O=C(c1cccc(C2CCC2)c1)C(O)C1CC1. The van der Waals surface area contributed by atoms with E-state index < -0.39 is 6.10 Å². The van der Waals surface area contributed by atoms with Crippen molar-refractivity contribution in [2.24, 2.45) is 5.92 Å². The molecule has 0 saturated heterocycles. The lowest BCUT2D eigenvalue weighted by Gasteiger charge is -2.26. The number of benzene rings is 1. The van der Waals surface area contributed by atoms with Crippen LogP contribution in [-0.2, 0) is 0 Å². The average Bonchev–Trinajstić information content (AvgIpc) is 3.09. The molecule has 17 heavy (non-hydrogen) atoms. The Balaban J connectivity index is 1.79. The fourth-order valence-corrected chi connectivity index (χ4v) is 2.48. The first-order valence-corrected chi connectivity index (χ1v) is 6.58. The van der Waals surface area contributed by atoms with Crippen molar-refractivity contribution in [3.63, 3.8) is 0 Å². The monoisotopic (exact) mass is 230 g/mol. The predicted octanol–water partition coefficient (Wildman–Crippen LogP) is 2.91. The maximum absolute atomic E-state index is 12.1. The second-order valence-corrected chi connectivity index (χ2v) is 5.40. The molecular weight excluding hydrogens is 212 g/mol. The Morgan fingerprint density at radius 3 is 2.59 bits per heavy atom. The smallest absolute Gasteiger partial charge is 0.191 e. The van der Waals surface area contributed by atoms with Gasteiger partial charge in [0.2, 0.25) is 0 Å². The first kappa shape index (κ1) is 11.0. The van der Waals surface area contributed by atoms with E-state index >= 15 is 0 Å². The van der Waals surface area contributed by atoms with Crippen LogP contribution in [0, 0.1) is 5.92 Å². The highest BCUT2D eigenvalue weighted by Gasteiger charge is 2.35. The van der Waals surface area contributed by atoms with Gasteiger partial charge < -0.3 is 5.11 Å². The van der Waals surface area contributed by atoms with Crippen molar-refractivity contribution in [1.29, 1.82) is 0 Å². The third-order valence-electron chi connectivity index (χ3n) is 4.08. The van der Waals surface area contributed by atoms with Gasteiger partial charge in [-0.1, -0.05) is 24.6 Å². The molecule has 0 radical (unpaired) electrons. The lowest BCUT2D eigenvalue weighted by molar-refractivity contribution is 0.0704. The number of rotatable bonds is 4. The molecule has 1 N–H and O–H groups in total. The van der Waals surface area contributed by atoms with Crippen molar-refractivity contribution < 1.29 is 9.90 Å². The number of aliphatic hydroxyl groups excluding tert-OH is 1. The number of carbonyl (C=O) groups excluding carboxylic acids is 1. The summed E-state index contributed by atoms with van der Waals surface area (Å²) in [5, 5.41) is 9.86. The second kappa shape index (κ2) is 4.26. The molecule has 1 aromatic rings. The Morgan fingerprint density at radius 2 is 2.00 bits per heavy atom. The Morgan fingerprint density at radius 1 is 1.24 bits per heavy atom. The van der Waals surface area contributed by atoms with Crippen molar-refractivity contribution in [3.8, 4) is 0 Å². The highest BCUT2D eigenvalue weighted by molar-refractivity contribution is 5.99. The number of hydrogen-bond donors (Lipinski definition) is 1. The first-order chi connectivity index (χ1) is 8.25. The van der Waals surface area contributed by atoms with Crippen LogP contribution in [0.4, 0.5) is 0 Å². The van der Waals surface area contributed by atoms with Gasteiger partial charge in [-0.2, -0.15) is 0 Å². The summed E-state index contributed by atoms with van der Waals surface area (Å²) in [5.41, 5.74) is 1.96. The summed E-state index contributed by atoms with van der Waals surface area (Å²) >= 11 is 0. The lowest BCUT2D eigenvalue weighted by atomic mass is 9.79. The van der Waals surface area contributed by atoms with Crippen LogP contribution in [0.15, 0.2) is 24.3 Å². The van der Waals surface area contributed by atoms with Crippen molar-refractivity contribution in [1.82, 2.24) is 0 Å². The zero-order chi connectivity index (χ0) is 11.8. The molecule has 0 spiro atoms. The topological polar surface area (TPSA) is 37.3 Å². The van der Waals surface area contributed by atoms with Crippen molar-refractivity contribution in [2.45, 2.75) is 44.1 Å². The van der Waals surface area contributed by atoms with E-state index in [-0.39, 0.29) is 11.7 Å². The first-order valence-electron chi connectivity index (χ1n) is 6.58. The summed E-state index contributed by atoms with van der Waals surface area (Å²) in [6.45, 7) is 0. The quantitative estimate of drug-likeness (QED) is 0.807. The highest BCUT2D eigenvalue weighted by Crippen LogP contribution is 2.37. The van der Waals surface area contributed by atoms with Gasteiger partial charge in [0.15, 0.2) is 5.78 Å². The molecular formula is C15H18O2. The second-order valence-electron chi connectivity index (χ2n) is 5.40. The van der Waals surface area contributed by atoms with Crippen LogP contribution >= 0.6 is 0 Å². The summed E-state index contributed by atoms with van der Waals surface area (Å²) in [6, 6.07) is 7.86. The number of carbonyl (C=O) groups is 1. The van der Waals surface area contributed by atoms with E-state index in [0.717, 1.165) is 12.8 Å². The predicted molar refractivity (Wildman–Crippen MR) is 66.1 cm³/mol. The van der Waals surface area contributed by atoms with E-state index in [1.54, 1.807) is 0 Å². The molecule has 1 atom stereocenters. The van der Waals surface area contributed by atoms with Crippen molar-refractivity contribution >= 4 is 5.78 Å². The number of hydrogen-bond acceptors (Lipinski definition) is 2. The fraction of sp³-hybridized carbons (Fsp3) is 0.533. The van der Waals surface area contributed by atoms with Crippen LogP contribution in [-0.4, -0.2) is 17.0 Å². The average molecular weight is 230 g/mol. The van der Waals surface area contributed by atoms with E-state index in [0.29, 0.717) is 11.5 Å². The minimum Gasteiger partial charge on any atom is -0.385 e. The van der Waals surface area contributed by atoms with E-state index in [9.17, 15) is 9.90 Å². The van der Waals surface area contributed by atoms with Gasteiger partial charge in [-0.05, 0) is 49.1 Å². The lowest BCUT2D eigenvalue weighted by Crippen LogP contribution is -2.23. The zero-order valence-corrected chi connectivity index (χ0v) is 9.93. The normalized spacial score (nSPS) is 21.9. The molecule has 2 nitrogen and oxygen atoms in total. The van der Waals surface area contributed by atoms with Crippen LogP contribution < -0.4 is 0 Å². The largest absolute Gasteiger partial charge is 0.385 e. The maximum Gasteiger partial charge on any atom is 0.191 e. The Hall–Kier alpha value is -1.15. The van der Waals surface area contributed by atoms with Crippen molar-refractivity contribution in [2.75, 3.05) is 0 Å². The summed E-state index contributed by atoms with van der Waals surface area (Å²) < 4.78 is 0. The molecule has 90 valence electrons. The van der Waals surface area contributed by atoms with Crippen molar-refractivity contribution in [3.05, 3.63) is 35.4 Å². The number of aliphatic hydroxyl groups is 1. The third-order valence-corrected chi connectivity index (χ3v) is 4.08. The minimum atomic E-state index is -0.772. The van der Waals surface area contributed by atoms with Crippen LogP contribution in [0.1, 0.15) is 53.9 Å². The van der Waals surface area contributed by atoms with Crippen LogP contribution in [0.2, 0.25) is 0 Å². The molecule has 2 fully saturated rings. The molecule has 2 aliphatic carbocycles. The van der Waals surface area contributed by atoms with Gasteiger partial charge in [-0.15, -0.1) is 0 Å². The maximum atomic E-state index is 12.1. The van der Waals surface area contributed by atoms with Gasteiger partial charge in [0.05, 0.1) is 0 Å². The summed E-state index contributed by atoms with van der Waals surface area (Å²) in [5.74, 6) is 0.768. The Kier molecular flexibility index (Phi) is 2.75. The molecule has 0 aliphatic heterocycles. The molecule has 3 rings (SSSR count). The standard InChI is InChI=1S/C15H18O2/c16-14(11-7-8-11)15(17)13-6-2-5-12(9-13)10-3-1-4-10/h2,5-6,9-11,14,16H,1,3-4,7-8H2. The molecule has 2 aliphatic rings. The van der Waals surface area contributed by atoms with Crippen LogP contribution in [0.3, 0.4) is 0 Å². The summed E-state index contributed by atoms with van der Waals surface area (Å²) in [4.78, 5) is 12.1. The van der Waals surface area contributed by atoms with Gasteiger partial charge in [-0.25, -0.2) is 0 Å². The zero-order valence-electron chi connectivity index (χ0n) is 9.93.